The lowest BCUT2D eigenvalue weighted by Crippen LogP contribution is -2.46. The number of aliphatic hydroxyl groups excluding tert-OH is 1. The van der Waals surface area contributed by atoms with Crippen LogP contribution in [0.5, 0.6) is 5.75 Å². The Morgan fingerprint density at radius 3 is 2.54 bits per heavy atom. The number of carbonyl (C=O) groups excluding carboxylic acids is 1. The van der Waals surface area contributed by atoms with Crippen LogP contribution in [0.1, 0.15) is 85.3 Å². The van der Waals surface area contributed by atoms with Crippen LogP contribution >= 0.6 is 23.2 Å². The fourth-order valence-corrected chi connectivity index (χ4v) is 9.41. The number of carbonyl (C=O) groups is 1. The summed E-state index contributed by atoms with van der Waals surface area (Å²) in [4.78, 5) is 36.2. The summed E-state index contributed by atoms with van der Waals surface area (Å²) in [6.07, 6.45) is 6.85. The minimum absolute atomic E-state index is 0.00237. The number of halogens is 3. The maximum Gasteiger partial charge on any atom is 0.257 e. The van der Waals surface area contributed by atoms with Crippen molar-refractivity contribution >= 4 is 51.5 Å². The van der Waals surface area contributed by atoms with Gasteiger partial charge in [-0.25, -0.2) is 9.37 Å². The summed E-state index contributed by atoms with van der Waals surface area (Å²) < 4.78 is 26.3. The number of benzene rings is 3. The number of unbranched alkanes of at least 4 members (excludes halogenated alkanes) is 1. The lowest BCUT2D eigenvalue weighted by molar-refractivity contribution is -0.116. The predicted molar refractivity (Wildman–Crippen MR) is 237 cm³/mol. The standard InChI is InChI=1S/C23H27Cl2N3O2.C23H27FN4O3/c24-19-4-3-5-21(23(19)25)28-13-11-27(12-14-28)10-1-2-15-30-18-8-6-17-7-9-22(29)26-20(17)16-18;1-14-17(23(30)28-9-2-3-19(29)22(28)25-14)8-12-27-10-6-15(7-11-27)21-18-5-4-16(24)13-20(18)31-26-21/h3-6,8,16H,1-2,7,9-15H2,(H,26,29);4-5,13,15,19,29H,2-3,6-12H2,1H3/t;19-/m.1/s1. The lowest BCUT2D eigenvalue weighted by Gasteiger charge is -2.36. The molecule has 2 aromatic heterocycles. The zero-order valence-corrected chi connectivity index (χ0v) is 36.2. The molecule has 61 heavy (non-hydrogen) atoms. The summed E-state index contributed by atoms with van der Waals surface area (Å²) in [5.41, 5.74) is 6.00. The van der Waals surface area contributed by atoms with E-state index in [1.54, 1.807) is 10.6 Å². The summed E-state index contributed by atoms with van der Waals surface area (Å²) in [6.45, 7) is 10.8. The highest BCUT2D eigenvalue weighted by Crippen LogP contribution is 2.34. The molecule has 0 spiro atoms. The maximum absolute atomic E-state index is 13.4. The molecule has 4 aliphatic heterocycles. The van der Waals surface area contributed by atoms with Gasteiger partial charge in [-0.3, -0.25) is 19.1 Å². The molecule has 5 aromatic rings. The molecule has 1 amide bonds. The molecule has 9 rings (SSSR count). The molecule has 3 aromatic carbocycles. The molecule has 0 unspecified atom stereocenters. The first-order valence-electron chi connectivity index (χ1n) is 21.6. The van der Waals surface area contributed by atoms with E-state index in [4.69, 9.17) is 32.5 Å². The van der Waals surface area contributed by atoms with E-state index in [0.29, 0.717) is 59.8 Å². The van der Waals surface area contributed by atoms with Crippen molar-refractivity contribution in [1.82, 2.24) is 24.5 Å². The fourth-order valence-electron chi connectivity index (χ4n) is 8.99. The van der Waals surface area contributed by atoms with Crippen LogP contribution in [0.4, 0.5) is 15.8 Å². The number of anilines is 2. The number of fused-ring (bicyclic) bond motifs is 3. The summed E-state index contributed by atoms with van der Waals surface area (Å²) in [5, 5.41) is 19.4. The molecule has 324 valence electrons. The first kappa shape index (κ1) is 43.1. The molecular weight excluding hydrogens is 820 g/mol. The molecule has 2 fully saturated rings. The molecule has 4 aliphatic rings. The molecule has 1 atom stereocenters. The van der Waals surface area contributed by atoms with Crippen molar-refractivity contribution in [2.45, 2.75) is 83.3 Å². The maximum atomic E-state index is 13.4. The number of aryl methyl sites for hydroxylation is 2. The van der Waals surface area contributed by atoms with E-state index < -0.39 is 6.10 Å². The van der Waals surface area contributed by atoms with Gasteiger partial charge in [-0.05, 0) is 114 Å². The molecule has 0 aliphatic carbocycles. The molecule has 0 bridgehead atoms. The second kappa shape index (κ2) is 19.7. The smallest absolute Gasteiger partial charge is 0.257 e. The summed E-state index contributed by atoms with van der Waals surface area (Å²) in [6, 6.07) is 16.4. The van der Waals surface area contributed by atoms with Crippen LogP contribution in [0.2, 0.25) is 10.0 Å². The van der Waals surface area contributed by atoms with Crippen LogP contribution in [0.15, 0.2) is 63.9 Å². The lowest BCUT2D eigenvalue weighted by atomic mass is 9.91. The largest absolute Gasteiger partial charge is 0.494 e. The zero-order valence-electron chi connectivity index (χ0n) is 34.7. The van der Waals surface area contributed by atoms with Gasteiger partial charge in [0.1, 0.15) is 23.5 Å². The normalized spacial score (nSPS) is 18.6. The van der Waals surface area contributed by atoms with Gasteiger partial charge in [0.05, 0.1) is 28.0 Å². The zero-order chi connectivity index (χ0) is 42.5. The number of piperazine rings is 1. The van der Waals surface area contributed by atoms with E-state index in [9.17, 15) is 19.1 Å². The topological polar surface area (TPSA) is 129 Å². The molecule has 0 saturated carbocycles. The number of hydrogen-bond donors (Lipinski definition) is 2. The number of nitrogens with one attached hydrogen (secondary N) is 1. The van der Waals surface area contributed by atoms with E-state index in [1.807, 2.05) is 37.3 Å². The van der Waals surface area contributed by atoms with E-state index in [-0.39, 0.29) is 17.3 Å². The van der Waals surface area contributed by atoms with Crippen molar-refractivity contribution in [2.75, 3.05) is 69.2 Å². The molecule has 15 heteroatoms. The number of rotatable bonds is 11. The monoisotopic (exact) mass is 873 g/mol. The summed E-state index contributed by atoms with van der Waals surface area (Å²) in [7, 11) is 0. The van der Waals surface area contributed by atoms with Gasteiger partial charge < -0.3 is 29.5 Å². The van der Waals surface area contributed by atoms with Gasteiger partial charge in [0, 0.05) is 86.1 Å². The Bertz CT molecular complexity index is 2390. The van der Waals surface area contributed by atoms with E-state index in [2.05, 4.69) is 36.2 Å². The Balaban J connectivity index is 0.000000169. The van der Waals surface area contributed by atoms with Crippen LogP contribution in [-0.2, 0) is 24.2 Å². The van der Waals surface area contributed by atoms with Crippen molar-refractivity contribution < 1.29 is 23.6 Å². The number of aliphatic hydroxyl groups is 1. The number of piperidine rings is 1. The average molecular weight is 875 g/mol. The Labute approximate surface area is 365 Å². The highest BCUT2D eigenvalue weighted by atomic mass is 35.5. The van der Waals surface area contributed by atoms with Gasteiger partial charge in [0.2, 0.25) is 5.91 Å². The van der Waals surface area contributed by atoms with Gasteiger partial charge in [-0.2, -0.15) is 0 Å². The second-order valence-corrected chi connectivity index (χ2v) is 17.3. The Kier molecular flexibility index (Phi) is 13.9. The van der Waals surface area contributed by atoms with E-state index in [0.717, 1.165) is 130 Å². The number of hydrogen-bond acceptors (Lipinski definition) is 10. The number of likely N-dealkylation sites (tertiary alicyclic amines) is 1. The molecule has 2 N–H and O–H groups in total. The predicted octanol–water partition coefficient (Wildman–Crippen LogP) is 7.94. The molecule has 12 nitrogen and oxygen atoms in total. The number of aromatic nitrogens is 3. The van der Waals surface area contributed by atoms with Crippen LogP contribution < -0.4 is 20.5 Å². The van der Waals surface area contributed by atoms with E-state index in [1.165, 1.54) is 17.7 Å². The van der Waals surface area contributed by atoms with Crippen molar-refractivity contribution in [1.29, 1.82) is 0 Å². The number of nitrogens with zero attached hydrogens (tertiary/aromatic N) is 6. The van der Waals surface area contributed by atoms with Crippen molar-refractivity contribution in [3.8, 4) is 5.75 Å². The quantitative estimate of drug-likeness (QED) is 0.126. The molecule has 0 radical (unpaired) electrons. The minimum atomic E-state index is -0.641. The average Bonchev–Trinajstić information content (AvgIpc) is 3.68. The third kappa shape index (κ3) is 10.2. The van der Waals surface area contributed by atoms with E-state index >= 15 is 0 Å². The van der Waals surface area contributed by atoms with Crippen LogP contribution in [0.25, 0.3) is 11.0 Å². The van der Waals surface area contributed by atoms with Crippen molar-refractivity contribution in [2.24, 2.45) is 0 Å². The van der Waals surface area contributed by atoms with Gasteiger partial charge in [0.25, 0.3) is 5.56 Å². The third-order valence-corrected chi connectivity index (χ3v) is 13.3. The first-order valence-corrected chi connectivity index (χ1v) is 22.4. The van der Waals surface area contributed by atoms with Gasteiger partial charge >= 0.3 is 0 Å². The SMILES string of the molecule is Cc1nc2n(c(=O)c1CCN1CCC(c3noc4cc(F)ccc34)CC1)CCC[C@H]2O.O=C1CCc2ccc(OCCCCN3CCN(c4cccc(Cl)c4Cl)CC3)cc2N1. The van der Waals surface area contributed by atoms with Crippen LogP contribution in [0.3, 0.4) is 0 Å². The fraction of sp³-hybridized carbons (Fsp3) is 0.478. The molecule has 6 heterocycles. The summed E-state index contributed by atoms with van der Waals surface area (Å²) >= 11 is 12.5. The second-order valence-electron chi connectivity index (χ2n) is 16.5. The molecular formula is C46H54Cl2FN7O5. The number of ether oxygens (including phenoxy) is 1. The molecule has 2 saturated heterocycles. The highest BCUT2D eigenvalue weighted by Gasteiger charge is 2.27. The number of amides is 1. The van der Waals surface area contributed by atoms with Crippen molar-refractivity contribution in [3.63, 3.8) is 0 Å². The Hall–Kier alpha value is -4.53. The Morgan fingerprint density at radius 2 is 1.72 bits per heavy atom. The third-order valence-electron chi connectivity index (χ3n) is 12.5. The Morgan fingerprint density at radius 1 is 0.918 bits per heavy atom. The van der Waals surface area contributed by atoms with Crippen molar-refractivity contribution in [3.05, 3.63) is 109 Å². The minimum Gasteiger partial charge on any atom is -0.494 e. The van der Waals surface area contributed by atoms with Gasteiger partial charge in [-0.1, -0.05) is 40.5 Å². The van der Waals surface area contributed by atoms with Gasteiger partial charge in [-0.15, -0.1) is 0 Å². The van der Waals surface area contributed by atoms with Gasteiger partial charge in [0.15, 0.2) is 5.58 Å². The summed E-state index contributed by atoms with van der Waals surface area (Å²) in [5.74, 6) is 1.39. The van der Waals surface area contributed by atoms with Crippen LogP contribution in [0, 0.1) is 12.7 Å². The highest BCUT2D eigenvalue weighted by molar-refractivity contribution is 6.43. The first-order chi connectivity index (χ1) is 29.6. The van der Waals surface area contributed by atoms with Crippen LogP contribution in [-0.4, -0.2) is 94.5 Å².